The van der Waals surface area contributed by atoms with Gasteiger partial charge in [0.1, 0.15) is 5.82 Å². The number of halogens is 1. The van der Waals surface area contributed by atoms with Crippen LogP contribution in [0.2, 0.25) is 0 Å². The molecule has 2 rings (SSSR count). The molecule has 2 unspecified atom stereocenters. The molecule has 0 aliphatic carbocycles. The van der Waals surface area contributed by atoms with Crippen LogP contribution >= 0.6 is 0 Å². The largest absolute Gasteiger partial charge is 0.313 e. The molecular weight excluding hydrogens is 251 g/mol. The standard InChI is InChI=1S/C17H27FN2/c1-13(2)17-9-6-11-20(17)12-10-16(19-3)14-7-4-5-8-15(14)18/h4-5,7-8,13,16-17,19H,6,9-12H2,1-3H3. The van der Waals surface area contributed by atoms with Crippen LogP contribution in [0.4, 0.5) is 4.39 Å². The monoisotopic (exact) mass is 278 g/mol. The second-order valence-corrected chi connectivity index (χ2v) is 6.14. The van der Waals surface area contributed by atoms with E-state index in [9.17, 15) is 4.39 Å². The Morgan fingerprint density at radius 2 is 2.10 bits per heavy atom. The van der Waals surface area contributed by atoms with Crippen LogP contribution < -0.4 is 5.32 Å². The van der Waals surface area contributed by atoms with Crippen LogP contribution in [0.25, 0.3) is 0 Å². The molecule has 1 aromatic carbocycles. The molecule has 1 aliphatic rings. The molecule has 1 aromatic rings. The van der Waals surface area contributed by atoms with Crippen molar-refractivity contribution in [2.75, 3.05) is 20.1 Å². The Bertz CT molecular complexity index is 419. The smallest absolute Gasteiger partial charge is 0.127 e. The third kappa shape index (κ3) is 3.58. The number of nitrogens with zero attached hydrogens (tertiary/aromatic N) is 1. The zero-order valence-electron chi connectivity index (χ0n) is 12.9. The number of hydrogen-bond acceptors (Lipinski definition) is 2. The van der Waals surface area contributed by atoms with Gasteiger partial charge in [-0.3, -0.25) is 0 Å². The molecule has 20 heavy (non-hydrogen) atoms. The molecule has 3 heteroatoms. The van der Waals surface area contributed by atoms with Crippen molar-refractivity contribution in [1.82, 2.24) is 10.2 Å². The van der Waals surface area contributed by atoms with E-state index >= 15 is 0 Å². The van der Waals surface area contributed by atoms with Gasteiger partial charge >= 0.3 is 0 Å². The number of likely N-dealkylation sites (tertiary alicyclic amines) is 1. The summed E-state index contributed by atoms with van der Waals surface area (Å²) in [5.41, 5.74) is 0.787. The third-order valence-corrected chi connectivity index (χ3v) is 4.52. The van der Waals surface area contributed by atoms with Gasteiger partial charge in [0.05, 0.1) is 0 Å². The molecule has 0 amide bonds. The molecule has 0 spiro atoms. The predicted octanol–water partition coefficient (Wildman–Crippen LogP) is 3.60. The fourth-order valence-electron chi connectivity index (χ4n) is 3.39. The average Bonchev–Trinajstić information content (AvgIpc) is 2.90. The molecule has 1 heterocycles. The highest BCUT2D eigenvalue weighted by Gasteiger charge is 2.27. The second-order valence-electron chi connectivity index (χ2n) is 6.14. The van der Waals surface area contributed by atoms with Crippen molar-refractivity contribution in [1.29, 1.82) is 0 Å². The first-order chi connectivity index (χ1) is 9.63. The molecule has 1 aliphatic heterocycles. The molecule has 112 valence electrons. The number of hydrogen-bond donors (Lipinski definition) is 1. The van der Waals surface area contributed by atoms with Gasteiger partial charge in [0, 0.05) is 24.2 Å². The minimum atomic E-state index is -0.103. The van der Waals surface area contributed by atoms with Crippen molar-refractivity contribution in [3.05, 3.63) is 35.6 Å². The summed E-state index contributed by atoms with van der Waals surface area (Å²) < 4.78 is 13.9. The summed E-state index contributed by atoms with van der Waals surface area (Å²) in [7, 11) is 1.92. The maximum Gasteiger partial charge on any atom is 0.127 e. The van der Waals surface area contributed by atoms with Crippen LogP contribution in [0.15, 0.2) is 24.3 Å². The Hall–Kier alpha value is -0.930. The summed E-state index contributed by atoms with van der Waals surface area (Å²) in [5, 5.41) is 3.26. The van der Waals surface area contributed by atoms with E-state index in [1.54, 1.807) is 12.1 Å². The topological polar surface area (TPSA) is 15.3 Å². The quantitative estimate of drug-likeness (QED) is 0.855. The molecular formula is C17H27FN2. The lowest BCUT2D eigenvalue weighted by Crippen LogP contribution is -2.35. The number of nitrogens with one attached hydrogen (secondary N) is 1. The summed E-state index contributed by atoms with van der Waals surface area (Å²) in [6, 6.07) is 7.90. The van der Waals surface area contributed by atoms with E-state index in [4.69, 9.17) is 0 Å². The van der Waals surface area contributed by atoms with Crippen molar-refractivity contribution in [2.45, 2.75) is 45.2 Å². The first kappa shape index (κ1) is 15.5. The molecule has 0 aromatic heterocycles. The maximum atomic E-state index is 13.9. The molecule has 2 atom stereocenters. The van der Waals surface area contributed by atoms with E-state index in [2.05, 4.69) is 24.1 Å². The molecule has 2 nitrogen and oxygen atoms in total. The van der Waals surface area contributed by atoms with Crippen LogP contribution in [0, 0.1) is 11.7 Å². The highest BCUT2D eigenvalue weighted by Crippen LogP contribution is 2.26. The van der Waals surface area contributed by atoms with Gasteiger partial charge in [0.15, 0.2) is 0 Å². The first-order valence-electron chi connectivity index (χ1n) is 7.79. The van der Waals surface area contributed by atoms with Gasteiger partial charge in [-0.15, -0.1) is 0 Å². The molecule has 0 radical (unpaired) electrons. The van der Waals surface area contributed by atoms with E-state index in [-0.39, 0.29) is 11.9 Å². The van der Waals surface area contributed by atoms with Gasteiger partial charge < -0.3 is 10.2 Å². The van der Waals surface area contributed by atoms with Crippen molar-refractivity contribution >= 4 is 0 Å². The molecule has 1 saturated heterocycles. The van der Waals surface area contributed by atoms with Gasteiger partial charge in [-0.1, -0.05) is 32.0 Å². The van der Waals surface area contributed by atoms with E-state index in [0.717, 1.165) is 18.5 Å². The number of benzene rings is 1. The van der Waals surface area contributed by atoms with Gasteiger partial charge in [-0.05, 0) is 44.8 Å². The van der Waals surface area contributed by atoms with Gasteiger partial charge in [-0.2, -0.15) is 0 Å². The predicted molar refractivity (Wildman–Crippen MR) is 82.3 cm³/mol. The van der Waals surface area contributed by atoms with Crippen molar-refractivity contribution in [3.63, 3.8) is 0 Å². The zero-order chi connectivity index (χ0) is 14.5. The van der Waals surface area contributed by atoms with Crippen molar-refractivity contribution in [3.8, 4) is 0 Å². The summed E-state index contributed by atoms with van der Waals surface area (Å²) >= 11 is 0. The van der Waals surface area contributed by atoms with Crippen LogP contribution in [0.5, 0.6) is 0 Å². The molecule has 1 N–H and O–H groups in total. The molecule has 0 bridgehead atoms. The lowest BCUT2D eigenvalue weighted by atomic mass is 10.00. The van der Waals surface area contributed by atoms with E-state index in [1.165, 1.54) is 19.4 Å². The van der Waals surface area contributed by atoms with Gasteiger partial charge in [0.2, 0.25) is 0 Å². The maximum absolute atomic E-state index is 13.9. The van der Waals surface area contributed by atoms with Crippen LogP contribution in [-0.4, -0.2) is 31.1 Å². The normalized spacial score (nSPS) is 21.6. The lowest BCUT2D eigenvalue weighted by molar-refractivity contribution is 0.197. The molecule has 1 fully saturated rings. The summed E-state index contributed by atoms with van der Waals surface area (Å²) in [4.78, 5) is 2.58. The first-order valence-corrected chi connectivity index (χ1v) is 7.79. The van der Waals surface area contributed by atoms with Crippen LogP contribution in [-0.2, 0) is 0 Å². The van der Waals surface area contributed by atoms with Crippen molar-refractivity contribution in [2.24, 2.45) is 5.92 Å². The van der Waals surface area contributed by atoms with Gasteiger partial charge in [-0.25, -0.2) is 4.39 Å². The highest BCUT2D eigenvalue weighted by atomic mass is 19.1. The Kier molecular flexibility index (Phi) is 5.55. The van der Waals surface area contributed by atoms with E-state index in [1.807, 2.05) is 19.2 Å². The zero-order valence-corrected chi connectivity index (χ0v) is 12.9. The highest BCUT2D eigenvalue weighted by molar-refractivity contribution is 5.21. The minimum Gasteiger partial charge on any atom is -0.313 e. The number of rotatable bonds is 6. The second kappa shape index (κ2) is 7.19. The Morgan fingerprint density at radius 1 is 1.35 bits per heavy atom. The Morgan fingerprint density at radius 3 is 2.75 bits per heavy atom. The lowest BCUT2D eigenvalue weighted by Gasteiger charge is -2.29. The summed E-state index contributed by atoms with van der Waals surface area (Å²) in [5.74, 6) is 0.604. The summed E-state index contributed by atoms with van der Waals surface area (Å²) in [6.45, 7) is 6.84. The van der Waals surface area contributed by atoms with Crippen LogP contribution in [0.1, 0.15) is 44.7 Å². The minimum absolute atomic E-state index is 0.101. The molecule has 0 saturated carbocycles. The Balaban J connectivity index is 1.96. The van der Waals surface area contributed by atoms with Crippen molar-refractivity contribution < 1.29 is 4.39 Å². The van der Waals surface area contributed by atoms with E-state index < -0.39 is 0 Å². The Labute approximate surface area is 122 Å². The SMILES string of the molecule is CNC(CCN1CCCC1C(C)C)c1ccccc1F. The summed E-state index contributed by atoms with van der Waals surface area (Å²) in [6.07, 6.45) is 3.56. The van der Waals surface area contributed by atoms with E-state index in [0.29, 0.717) is 12.0 Å². The third-order valence-electron chi connectivity index (χ3n) is 4.52. The van der Waals surface area contributed by atoms with Crippen LogP contribution in [0.3, 0.4) is 0 Å². The fourth-order valence-corrected chi connectivity index (χ4v) is 3.39. The fraction of sp³-hybridized carbons (Fsp3) is 0.647. The van der Waals surface area contributed by atoms with Gasteiger partial charge in [0.25, 0.3) is 0 Å². The average molecular weight is 278 g/mol.